The quantitative estimate of drug-likeness (QED) is 0.269. The van der Waals surface area contributed by atoms with Crippen LogP contribution in [0, 0.1) is 12.5 Å². The topological polar surface area (TPSA) is 75.0 Å². The van der Waals surface area contributed by atoms with Gasteiger partial charge in [0.25, 0.3) is 0 Å². The van der Waals surface area contributed by atoms with E-state index in [1.54, 1.807) is 36.8 Å². The summed E-state index contributed by atoms with van der Waals surface area (Å²) in [6.45, 7) is 11.9. The molecule has 9 heteroatoms. The van der Waals surface area contributed by atoms with Crippen molar-refractivity contribution in [2.45, 2.75) is 20.3 Å². The number of hydrogen-bond donors (Lipinski definition) is 2. The first-order chi connectivity index (χ1) is 15.9. The van der Waals surface area contributed by atoms with Gasteiger partial charge in [-0.3, -0.25) is 4.79 Å². The van der Waals surface area contributed by atoms with Gasteiger partial charge in [-0.15, -0.1) is 11.3 Å². The molecule has 0 fully saturated rings. The summed E-state index contributed by atoms with van der Waals surface area (Å²) in [7, 11) is 0. The van der Waals surface area contributed by atoms with E-state index < -0.39 is 0 Å². The molecule has 4 aromatic rings. The Balaban J connectivity index is 1.87. The number of amides is 1. The molecule has 0 aliphatic carbocycles. The van der Waals surface area contributed by atoms with Crippen LogP contribution in [-0.4, -0.2) is 20.9 Å². The molecule has 3 aromatic heterocycles. The van der Waals surface area contributed by atoms with Gasteiger partial charge in [-0.2, -0.15) is 0 Å². The highest BCUT2D eigenvalue weighted by Crippen LogP contribution is 2.53. The molecule has 0 unspecified atom stereocenters. The van der Waals surface area contributed by atoms with Crippen LogP contribution in [0.25, 0.3) is 37.1 Å². The molecule has 0 bridgehead atoms. The minimum atomic E-state index is -0.101. The van der Waals surface area contributed by atoms with E-state index in [2.05, 4.69) is 25.1 Å². The Morgan fingerprint density at radius 3 is 2.67 bits per heavy atom. The maximum atomic E-state index is 12.2. The summed E-state index contributed by atoms with van der Waals surface area (Å²) in [6, 6.07) is 8.80. The van der Waals surface area contributed by atoms with Crippen LogP contribution >= 0.6 is 34.5 Å². The fraction of sp³-hybridized carbons (Fsp3) is 0.167. The predicted molar refractivity (Wildman–Crippen MR) is 135 cm³/mol. The van der Waals surface area contributed by atoms with Crippen LogP contribution in [0.1, 0.15) is 20.3 Å². The summed E-state index contributed by atoms with van der Waals surface area (Å²) in [6.07, 6.45) is 5.41. The number of aromatic nitrogens is 3. The van der Waals surface area contributed by atoms with Crippen molar-refractivity contribution in [2.24, 2.45) is 5.92 Å². The third-order valence-corrected chi connectivity index (χ3v) is 6.57. The third kappa shape index (κ3) is 4.93. The molecule has 1 aromatic carbocycles. The molecule has 0 saturated heterocycles. The molecule has 0 saturated carbocycles. The Bertz CT molecular complexity index is 1360. The second-order valence-corrected chi connectivity index (χ2v) is 9.60. The van der Waals surface area contributed by atoms with Gasteiger partial charge in [0.2, 0.25) is 11.6 Å². The minimum Gasteiger partial charge on any atom is -0.344 e. The van der Waals surface area contributed by atoms with Crippen LogP contribution in [0.3, 0.4) is 0 Å². The minimum absolute atomic E-state index is 0.101. The number of H-pyrrole nitrogens is 1. The number of aromatic amines is 1. The number of nitrogens with zero attached hydrogens (tertiary/aromatic N) is 3. The average Bonchev–Trinajstić information content (AvgIpc) is 3.41. The van der Waals surface area contributed by atoms with Gasteiger partial charge in [0.15, 0.2) is 0 Å². The van der Waals surface area contributed by atoms with E-state index in [0.29, 0.717) is 44.9 Å². The van der Waals surface area contributed by atoms with Crippen molar-refractivity contribution < 1.29 is 4.79 Å². The van der Waals surface area contributed by atoms with Gasteiger partial charge in [0, 0.05) is 45.5 Å². The molecule has 0 aliphatic heterocycles. The van der Waals surface area contributed by atoms with Crippen LogP contribution in [0.2, 0.25) is 10.0 Å². The third-order valence-electron chi connectivity index (χ3n) is 4.79. The molecule has 0 atom stereocenters. The van der Waals surface area contributed by atoms with E-state index in [1.807, 2.05) is 26.0 Å². The van der Waals surface area contributed by atoms with Crippen LogP contribution in [0.5, 0.6) is 0 Å². The lowest BCUT2D eigenvalue weighted by atomic mass is 10.0. The molecular weight excluding hydrogens is 477 g/mol. The van der Waals surface area contributed by atoms with Crippen molar-refractivity contribution in [1.82, 2.24) is 15.0 Å². The lowest BCUT2D eigenvalue weighted by Gasteiger charge is -2.08. The number of hydrogen-bond acceptors (Lipinski definition) is 4. The molecule has 3 heterocycles. The molecule has 4 rings (SSSR count). The molecular formula is C24H19Cl2N5OS. The summed E-state index contributed by atoms with van der Waals surface area (Å²) in [5.41, 5.74) is 2.59. The Morgan fingerprint density at radius 2 is 2.00 bits per heavy atom. The summed E-state index contributed by atoms with van der Waals surface area (Å²) in [5, 5.41) is 3.80. The molecule has 166 valence electrons. The lowest BCUT2D eigenvalue weighted by Crippen LogP contribution is -2.14. The van der Waals surface area contributed by atoms with Crippen LogP contribution in [0.4, 0.5) is 11.5 Å². The zero-order chi connectivity index (χ0) is 23.5. The Labute approximate surface area is 205 Å². The fourth-order valence-corrected chi connectivity index (χ4v) is 5.14. The Kier molecular flexibility index (Phi) is 6.80. The van der Waals surface area contributed by atoms with E-state index >= 15 is 0 Å². The first kappa shape index (κ1) is 23.0. The van der Waals surface area contributed by atoms with Crippen molar-refractivity contribution >= 4 is 52.0 Å². The lowest BCUT2D eigenvalue weighted by molar-refractivity contribution is -0.116. The predicted octanol–water partition coefficient (Wildman–Crippen LogP) is 7.71. The van der Waals surface area contributed by atoms with E-state index in [1.165, 1.54) is 11.3 Å². The van der Waals surface area contributed by atoms with Crippen molar-refractivity contribution in [3.8, 4) is 32.3 Å². The van der Waals surface area contributed by atoms with Gasteiger partial charge in [-0.05, 0) is 41.3 Å². The van der Waals surface area contributed by atoms with Crippen molar-refractivity contribution in [1.29, 1.82) is 0 Å². The zero-order valence-electron chi connectivity index (χ0n) is 17.8. The van der Waals surface area contributed by atoms with E-state index in [-0.39, 0.29) is 11.8 Å². The van der Waals surface area contributed by atoms with Gasteiger partial charge in [-0.1, -0.05) is 43.1 Å². The van der Waals surface area contributed by atoms with Crippen LogP contribution < -0.4 is 5.32 Å². The monoisotopic (exact) mass is 495 g/mol. The Morgan fingerprint density at radius 1 is 1.18 bits per heavy atom. The van der Waals surface area contributed by atoms with Crippen molar-refractivity contribution in [3.63, 3.8) is 0 Å². The van der Waals surface area contributed by atoms with Gasteiger partial charge >= 0.3 is 0 Å². The van der Waals surface area contributed by atoms with Gasteiger partial charge < -0.3 is 10.3 Å². The number of rotatable bonds is 6. The number of thiophene rings is 1. The maximum absolute atomic E-state index is 12.2. The first-order valence-electron chi connectivity index (χ1n) is 10.1. The summed E-state index contributed by atoms with van der Waals surface area (Å²) < 4.78 is 0. The second kappa shape index (κ2) is 9.75. The van der Waals surface area contributed by atoms with E-state index in [9.17, 15) is 4.79 Å². The normalized spacial score (nSPS) is 10.9. The highest BCUT2D eigenvalue weighted by Gasteiger charge is 2.25. The number of imidazole rings is 1. The number of halogens is 2. The molecule has 0 aliphatic rings. The molecule has 0 radical (unpaired) electrons. The first-order valence-corrected chi connectivity index (χ1v) is 11.7. The summed E-state index contributed by atoms with van der Waals surface area (Å²) >= 11 is 14.1. The molecule has 0 spiro atoms. The highest BCUT2D eigenvalue weighted by molar-refractivity contribution is 7.20. The average molecular weight is 496 g/mol. The van der Waals surface area contributed by atoms with E-state index in [0.717, 1.165) is 15.3 Å². The summed E-state index contributed by atoms with van der Waals surface area (Å²) in [4.78, 5) is 29.4. The SMILES string of the molecule is [C-]#[N+]c1c(-c2ccnc(NC(=O)CC(C)C)c2)sc(-c2ncc[nH]2)c1-c1ccc(Cl)cc1Cl. The second-order valence-electron chi connectivity index (χ2n) is 7.73. The number of anilines is 1. The molecule has 33 heavy (non-hydrogen) atoms. The number of carbonyl (C=O) groups excluding carboxylic acids is 1. The molecule has 1 amide bonds. The number of benzene rings is 1. The van der Waals surface area contributed by atoms with Crippen LogP contribution in [-0.2, 0) is 4.79 Å². The zero-order valence-corrected chi connectivity index (χ0v) is 20.1. The van der Waals surface area contributed by atoms with E-state index in [4.69, 9.17) is 29.8 Å². The molecule has 6 nitrogen and oxygen atoms in total. The fourth-order valence-electron chi connectivity index (χ4n) is 3.43. The summed E-state index contributed by atoms with van der Waals surface area (Å²) in [5.74, 6) is 1.21. The smallest absolute Gasteiger partial charge is 0.225 e. The molecule has 2 N–H and O–H groups in total. The standard InChI is InChI=1S/C24H19Cl2N5OS/c1-13(2)10-19(32)31-18-11-14(6-7-28-18)22-21(27-3)20(16-5-4-15(25)12-17(16)26)23(33-22)24-29-8-9-30-24/h4-9,11-13H,10H2,1-2H3,(H,29,30)(H,28,31,32). The van der Waals surface area contributed by atoms with Crippen molar-refractivity contribution in [2.75, 3.05) is 5.32 Å². The van der Waals surface area contributed by atoms with Crippen LogP contribution in [0.15, 0.2) is 48.9 Å². The van der Waals surface area contributed by atoms with Gasteiger partial charge in [-0.25, -0.2) is 14.8 Å². The maximum Gasteiger partial charge on any atom is 0.225 e. The Hall–Kier alpha value is -3.18. The van der Waals surface area contributed by atoms with Crippen molar-refractivity contribution in [3.05, 3.63) is 70.4 Å². The number of carbonyl (C=O) groups is 1. The number of nitrogens with one attached hydrogen (secondary N) is 2. The highest BCUT2D eigenvalue weighted by atomic mass is 35.5. The number of pyridine rings is 1. The van der Waals surface area contributed by atoms with Gasteiger partial charge in [0.05, 0.1) is 11.4 Å². The van der Waals surface area contributed by atoms with Gasteiger partial charge in [0.1, 0.15) is 11.6 Å². The largest absolute Gasteiger partial charge is 0.344 e.